The van der Waals surface area contributed by atoms with E-state index in [1.807, 2.05) is 18.2 Å². The third-order valence-electron chi connectivity index (χ3n) is 4.65. The standard InChI is InChI=1S/C18H15P.C9H7NO.Ru/c1-4-10-16(11-5-1)19(17-12-6-2-7-13-17)18-14-8-3-9-15-18;11-8-5-1-3-7-4-2-6-10-9(7)8;/h1-15H;1-6,11H;. The van der Waals surface area contributed by atoms with Crippen LogP contribution in [0.1, 0.15) is 0 Å². The number of rotatable bonds is 3. The molecule has 5 aromatic rings. The maximum atomic E-state index is 9.31. The van der Waals surface area contributed by atoms with E-state index in [1.54, 1.807) is 18.3 Å². The van der Waals surface area contributed by atoms with Crippen molar-refractivity contribution in [1.82, 2.24) is 4.98 Å². The van der Waals surface area contributed by atoms with E-state index in [0.717, 1.165) is 5.39 Å². The predicted molar refractivity (Wildman–Crippen MR) is 129 cm³/mol. The van der Waals surface area contributed by atoms with Gasteiger partial charge in [0, 0.05) is 31.1 Å². The first-order chi connectivity index (χ1) is 14.8. The maximum Gasteiger partial charge on any atom is 0.141 e. The van der Waals surface area contributed by atoms with E-state index in [1.165, 1.54) is 15.9 Å². The zero-order valence-corrected chi connectivity index (χ0v) is 19.5. The van der Waals surface area contributed by atoms with Crippen molar-refractivity contribution in [3.63, 3.8) is 0 Å². The summed E-state index contributed by atoms with van der Waals surface area (Å²) >= 11 is 0. The van der Waals surface area contributed by atoms with Crippen molar-refractivity contribution in [1.29, 1.82) is 0 Å². The molecule has 154 valence electrons. The second-order valence-electron chi connectivity index (χ2n) is 6.69. The monoisotopic (exact) mass is 509 g/mol. The third-order valence-corrected chi connectivity index (χ3v) is 7.10. The van der Waals surface area contributed by atoms with Gasteiger partial charge >= 0.3 is 0 Å². The zero-order valence-electron chi connectivity index (χ0n) is 16.8. The number of aromatic hydroxyl groups is 1. The van der Waals surface area contributed by atoms with Crippen molar-refractivity contribution in [2.45, 2.75) is 0 Å². The molecule has 1 aromatic heterocycles. The summed E-state index contributed by atoms with van der Waals surface area (Å²) < 4.78 is 0. The summed E-state index contributed by atoms with van der Waals surface area (Å²) in [6, 6.07) is 41.5. The van der Waals surface area contributed by atoms with Crippen LogP contribution < -0.4 is 15.9 Å². The first kappa shape index (κ1) is 22.8. The summed E-state index contributed by atoms with van der Waals surface area (Å²) in [6.45, 7) is 0. The van der Waals surface area contributed by atoms with Crippen molar-refractivity contribution in [2.75, 3.05) is 0 Å². The first-order valence-corrected chi connectivity index (χ1v) is 11.1. The van der Waals surface area contributed by atoms with Gasteiger partial charge in [0.1, 0.15) is 11.3 Å². The van der Waals surface area contributed by atoms with Crippen LogP contribution in [-0.2, 0) is 19.5 Å². The van der Waals surface area contributed by atoms with Crippen LogP contribution in [0.25, 0.3) is 10.9 Å². The Kier molecular flexibility index (Phi) is 8.47. The molecule has 0 bridgehead atoms. The fraction of sp³-hybridized carbons (Fsp3) is 0. The van der Waals surface area contributed by atoms with Gasteiger partial charge in [-0.15, -0.1) is 0 Å². The van der Waals surface area contributed by atoms with Gasteiger partial charge in [0.15, 0.2) is 0 Å². The van der Waals surface area contributed by atoms with Crippen LogP contribution in [0.2, 0.25) is 0 Å². The topological polar surface area (TPSA) is 33.1 Å². The number of nitrogens with zero attached hydrogens (tertiary/aromatic N) is 1. The first-order valence-electron chi connectivity index (χ1n) is 9.81. The van der Waals surface area contributed by atoms with Crippen molar-refractivity contribution in [3.8, 4) is 5.75 Å². The number of para-hydroxylation sites is 1. The van der Waals surface area contributed by atoms with Gasteiger partial charge in [-0.3, -0.25) is 4.98 Å². The minimum atomic E-state index is -0.446. The van der Waals surface area contributed by atoms with Crippen molar-refractivity contribution >= 4 is 34.7 Å². The van der Waals surface area contributed by atoms with Crippen molar-refractivity contribution in [3.05, 3.63) is 128 Å². The molecule has 0 aliphatic heterocycles. The van der Waals surface area contributed by atoms with E-state index < -0.39 is 7.92 Å². The van der Waals surface area contributed by atoms with Gasteiger partial charge in [-0.1, -0.05) is 109 Å². The Hall–Kier alpha value is -2.86. The molecule has 0 saturated heterocycles. The number of phenols is 1. The second-order valence-corrected chi connectivity index (χ2v) is 8.91. The van der Waals surface area contributed by atoms with E-state index in [0.29, 0.717) is 5.52 Å². The smallest absolute Gasteiger partial charge is 0.141 e. The summed E-state index contributed by atoms with van der Waals surface area (Å²) in [7, 11) is -0.446. The molecule has 0 radical (unpaired) electrons. The molecule has 4 aromatic carbocycles. The van der Waals surface area contributed by atoms with Crippen LogP contribution in [0.5, 0.6) is 5.75 Å². The number of fused-ring (bicyclic) bond motifs is 1. The molecule has 0 amide bonds. The Morgan fingerprint density at radius 3 is 1.42 bits per heavy atom. The van der Waals surface area contributed by atoms with Gasteiger partial charge in [-0.05, 0) is 36.0 Å². The summed E-state index contributed by atoms with van der Waals surface area (Å²) in [6.07, 6.45) is 1.67. The van der Waals surface area contributed by atoms with Gasteiger partial charge in [0.25, 0.3) is 0 Å². The molecule has 4 heteroatoms. The van der Waals surface area contributed by atoms with E-state index in [2.05, 4.69) is 96.0 Å². The van der Waals surface area contributed by atoms with Crippen LogP contribution >= 0.6 is 7.92 Å². The summed E-state index contributed by atoms with van der Waals surface area (Å²) in [5.74, 6) is 0.239. The van der Waals surface area contributed by atoms with Crippen LogP contribution in [0.4, 0.5) is 0 Å². The Balaban J connectivity index is 0.000000194. The molecular formula is C27H22NOPRu. The Morgan fingerprint density at radius 1 is 0.516 bits per heavy atom. The van der Waals surface area contributed by atoms with Crippen LogP contribution in [0.15, 0.2) is 128 Å². The minimum absolute atomic E-state index is 0. The number of hydrogen-bond donors (Lipinski definition) is 1. The van der Waals surface area contributed by atoms with Gasteiger partial charge in [0.05, 0.1) is 0 Å². The molecule has 0 atom stereocenters. The van der Waals surface area contributed by atoms with Gasteiger partial charge in [-0.2, -0.15) is 0 Å². The van der Waals surface area contributed by atoms with E-state index in [4.69, 9.17) is 0 Å². The largest absolute Gasteiger partial charge is 0.506 e. The summed E-state index contributed by atoms with van der Waals surface area (Å²) in [4.78, 5) is 4.03. The molecule has 0 aliphatic rings. The molecular weight excluding hydrogens is 486 g/mol. The molecule has 0 aliphatic carbocycles. The molecule has 1 heterocycles. The quantitative estimate of drug-likeness (QED) is 0.262. The van der Waals surface area contributed by atoms with Gasteiger partial charge in [-0.25, -0.2) is 0 Å². The Bertz CT molecular complexity index is 1100. The molecule has 0 fully saturated rings. The van der Waals surface area contributed by atoms with Crippen LogP contribution in [0, 0.1) is 0 Å². The molecule has 0 spiro atoms. The number of hydrogen-bond acceptors (Lipinski definition) is 2. The molecule has 1 N–H and O–H groups in total. The minimum Gasteiger partial charge on any atom is -0.506 e. The molecule has 2 nitrogen and oxygen atoms in total. The van der Waals surface area contributed by atoms with Crippen molar-refractivity contribution < 1.29 is 24.6 Å². The predicted octanol–water partition coefficient (Wildman–Crippen LogP) is 5.38. The number of benzene rings is 4. The maximum absolute atomic E-state index is 9.31. The average Bonchev–Trinajstić information content (AvgIpc) is 2.82. The van der Waals surface area contributed by atoms with E-state index in [-0.39, 0.29) is 25.2 Å². The molecule has 5 rings (SSSR count). The normalized spacial score (nSPS) is 10.1. The van der Waals surface area contributed by atoms with Crippen molar-refractivity contribution in [2.24, 2.45) is 0 Å². The third kappa shape index (κ3) is 5.85. The molecule has 0 saturated carbocycles. The zero-order chi connectivity index (χ0) is 20.6. The average molecular weight is 509 g/mol. The fourth-order valence-electron chi connectivity index (χ4n) is 3.27. The summed E-state index contributed by atoms with van der Waals surface area (Å²) in [5, 5.41) is 14.5. The number of aromatic nitrogens is 1. The number of pyridine rings is 1. The Labute approximate surface area is 197 Å². The molecule has 0 unspecified atom stereocenters. The SMILES string of the molecule is Oc1cccc2cccnc12.[Ru].c1ccc(P(c2ccccc2)c2ccccc2)cc1. The van der Waals surface area contributed by atoms with Gasteiger partial charge < -0.3 is 5.11 Å². The Morgan fingerprint density at radius 2 is 0.968 bits per heavy atom. The second kappa shape index (κ2) is 11.5. The summed E-state index contributed by atoms with van der Waals surface area (Å²) in [5.41, 5.74) is 0.662. The van der Waals surface area contributed by atoms with E-state index in [9.17, 15) is 5.11 Å². The van der Waals surface area contributed by atoms with Crippen LogP contribution in [0.3, 0.4) is 0 Å². The number of phenolic OH excluding ortho intramolecular Hbond substituents is 1. The van der Waals surface area contributed by atoms with Gasteiger partial charge in [0.2, 0.25) is 0 Å². The van der Waals surface area contributed by atoms with E-state index >= 15 is 0 Å². The van der Waals surface area contributed by atoms with Crippen LogP contribution in [-0.4, -0.2) is 10.1 Å². The molecule has 31 heavy (non-hydrogen) atoms. The fourth-order valence-corrected chi connectivity index (χ4v) is 5.57.